The van der Waals surface area contributed by atoms with E-state index in [1.165, 1.54) is 0 Å². The van der Waals surface area contributed by atoms with E-state index in [1.807, 2.05) is 6.07 Å². The highest BCUT2D eigenvalue weighted by Crippen LogP contribution is 2.29. The van der Waals surface area contributed by atoms with E-state index < -0.39 is 0 Å². The van der Waals surface area contributed by atoms with E-state index in [0.29, 0.717) is 17.6 Å². The molecule has 1 aliphatic rings. The van der Waals surface area contributed by atoms with Crippen LogP contribution in [0.3, 0.4) is 0 Å². The number of pyridine rings is 1. The molecule has 1 atom stereocenters. The van der Waals surface area contributed by atoms with Gasteiger partial charge in [0, 0.05) is 30.0 Å². The Labute approximate surface area is 166 Å². The lowest BCUT2D eigenvalue weighted by Crippen LogP contribution is -2.29. The maximum absolute atomic E-state index is 10.9. The molecular formula is C21H29N5O2. The average molecular weight is 383 g/mol. The fourth-order valence-corrected chi connectivity index (χ4v) is 3.52. The number of nitrogens with zero attached hydrogens (tertiary/aromatic N) is 3. The first kappa shape index (κ1) is 20.2. The second-order valence-corrected chi connectivity index (χ2v) is 7.53. The summed E-state index contributed by atoms with van der Waals surface area (Å²) < 4.78 is 0. The van der Waals surface area contributed by atoms with Gasteiger partial charge in [-0.25, -0.2) is 4.98 Å². The van der Waals surface area contributed by atoms with Gasteiger partial charge in [-0.05, 0) is 51.2 Å². The van der Waals surface area contributed by atoms with Gasteiger partial charge in [-0.15, -0.1) is 0 Å². The van der Waals surface area contributed by atoms with Gasteiger partial charge in [-0.2, -0.15) is 4.98 Å². The summed E-state index contributed by atoms with van der Waals surface area (Å²) in [5, 5.41) is 16.7. The molecule has 2 heterocycles. The molecule has 2 aromatic heterocycles. The van der Waals surface area contributed by atoms with Crippen LogP contribution < -0.4 is 10.6 Å². The number of aromatic nitrogens is 3. The van der Waals surface area contributed by atoms with Crippen LogP contribution in [0.5, 0.6) is 0 Å². The van der Waals surface area contributed by atoms with Crippen LogP contribution in [-0.2, 0) is 0 Å². The van der Waals surface area contributed by atoms with Crippen molar-refractivity contribution in [3.05, 3.63) is 30.1 Å². The van der Waals surface area contributed by atoms with Crippen LogP contribution in [-0.4, -0.2) is 44.5 Å². The van der Waals surface area contributed by atoms with Crippen molar-refractivity contribution in [1.29, 1.82) is 0 Å². The maximum Gasteiger partial charge on any atom is 0.224 e. The third-order valence-corrected chi connectivity index (χ3v) is 5.12. The predicted octanol–water partition coefficient (Wildman–Crippen LogP) is 3.67. The Balaban J connectivity index is 1.86. The monoisotopic (exact) mass is 383 g/mol. The molecular weight excluding hydrogens is 354 g/mol. The Morgan fingerprint density at radius 1 is 1.21 bits per heavy atom. The van der Waals surface area contributed by atoms with Crippen molar-refractivity contribution in [1.82, 2.24) is 15.0 Å². The van der Waals surface area contributed by atoms with Gasteiger partial charge in [0.25, 0.3) is 0 Å². The highest BCUT2D eigenvalue weighted by Gasteiger charge is 2.21. The maximum atomic E-state index is 10.9. The molecule has 1 saturated carbocycles. The molecule has 7 heteroatoms. The molecule has 0 saturated heterocycles. The Morgan fingerprint density at radius 3 is 2.64 bits per heavy atom. The molecule has 28 heavy (non-hydrogen) atoms. The number of hydrogen-bond acceptors (Lipinski definition) is 7. The molecule has 1 aliphatic carbocycles. The molecule has 0 aliphatic heterocycles. The largest absolute Gasteiger partial charge is 0.393 e. The molecule has 1 fully saturated rings. The highest BCUT2D eigenvalue weighted by molar-refractivity contribution is 5.77. The summed E-state index contributed by atoms with van der Waals surface area (Å²) in [6, 6.07) is 4.10. The number of aliphatic hydroxyl groups is 1. The van der Waals surface area contributed by atoms with Crippen LogP contribution in [0.1, 0.15) is 62.7 Å². The summed E-state index contributed by atoms with van der Waals surface area (Å²) in [5.41, 5.74) is 2.06. The fourth-order valence-electron chi connectivity index (χ4n) is 3.52. The fraction of sp³-hybridized carbons (Fsp3) is 0.524. The summed E-state index contributed by atoms with van der Waals surface area (Å²) in [7, 11) is 0. The van der Waals surface area contributed by atoms with Crippen LogP contribution in [0.4, 0.5) is 11.8 Å². The van der Waals surface area contributed by atoms with Crippen LogP contribution in [0.15, 0.2) is 24.5 Å². The van der Waals surface area contributed by atoms with E-state index in [9.17, 15) is 9.90 Å². The van der Waals surface area contributed by atoms with E-state index in [4.69, 9.17) is 4.98 Å². The number of hydrogen-bond donors (Lipinski definition) is 3. The topological polar surface area (TPSA) is 100 Å². The molecule has 3 rings (SSSR count). The zero-order valence-corrected chi connectivity index (χ0v) is 16.6. The average Bonchev–Trinajstić information content (AvgIpc) is 2.70. The van der Waals surface area contributed by atoms with Crippen molar-refractivity contribution in [3.63, 3.8) is 0 Å². The number of anilines is 2. The van der Waals surface area contributed by atoms with Crippen LogP contribution in [0, 0.1) is 0 Å². The van der Waals surface area contributed by atoms with Crippen LogP contribution >= 0.6 is 0 Å². The molecule has 1 unspecified atom stereocenters. The van der Waals surface area contributed by atoms with Crippen molar-refractivity contribution in [2.45, 2.75) is 70.6 Å². The van der Waals surface area contributed by atoms with Gasteiger partial charge in [0.15, 0.2) is 6.29 Å². The minimum Gasteiger partial charge on any atom is -0.393 e. The van der Waals surface area contributed by atoms with E-state index in [0.717, 1.165) is 61.9 Å². The van der Waals surface area contributed by atoms with Gasteiger partial charge in [0.2, 0.25) is 5.95 Å². The Bertz CT molecular complexity index is 773. The minimum atomic E-state index is -0.201. The number of aliphatic hydroxyl groups excluding tert-OH is 1. The summed E-state index contributed by atoms with van der Waals surface area (Å²) >= 11 is 0. The molecule has 7 nitrogen and oxygen atoms in total. The van der Waals surface area contributed by atoms with Crippen molar-refractivity contribution in [2.24, 2.45) is 0 Å². The van der Waals surface area contributed by atoms with Crippen LogP contribution in [0.25, 0.3) is 11.3 Å². The Morgan fingerprint density at radius 2 is 2.00 bits per heavy atom. The molecule has 0 radical (unpaired) electrons. The lowest BCUT2D eigenvalue weighted by atomic mass is 9.93. The van der Waals surface area contributed by atoms with E-state index in [-0.39, 0.29) is 12.1 Å². The first-order chi connectivity index (χ1) is 13.6. The molecule has 3 N–H and O–H groups in total. The van der Waals surface area contributed by atoms with Gasteiger partial charge in [-0.3, -0.25) is 9.78 Å². The van der Waals surface area contributed by atoms with E-state index in [1.54, 1.807) is 18.5 Å². The van der Waals surface area contributed by atoms with Crippen molar-refractivity contribution >= 4 is 18.1 Å². The highest BCUT2D eigenvalue weighted by atomic mass is 16.3. The van der Waals surface area contributed by atoms with Crippen molar-refractivity contribution < 1.29 is 9.90 Å². The second-order valence-electron chi connectivity index (χ2n) is 7.53. The smallest absolute Gasteiger partial charge is 0.224 e. The first-order valence-corrected chi connectivity index (χ1v) is 10.1. The molecule has 150 valence electrons. The number of carbonyl (C=O) groups excluding carboxylic acids is 1. The van der Waals surface area contributed by atoms with Crippen molar-refractivity contribution in [3.8, 4) is 11.3 Å². The number of carbonyl (C=O) groups is 1. The Kier molecular flexibility index (Phi) is 6.92. The Hall–Kier alpha value is -2.54. The summed E-state index contributed by atoms with van der Waals surface area (Å²) in [5.74, 6) is 1.32. The summed E-state index contributed by atoms with van der Waals surface area (Å²) in [6.07, 6.45) is 9.43. The van der Waals surface area contributed by atoms with Gasteiger partial charge in [0.05, 0.1) is 17.4 Å². The number of nitrogens with one attached hydrogen (secondary N) is 2. The number of aldehydes is 1. The molecule has 0 amide bonds. The van der Waals surface area contributed by atoms with Gasteiger partial charge < -0.3 is 15.7 Å². The number of rotatable bonds is 8. The second kappa shape index (κ2) is 9.59. The summed E-state index contributed by atoms with van der Waals surface area (Å²) in [4.78, 5) is 24.5. The molecule has 2 aromatic rings. The quantitative estimate of drug-likeness (QED) is 0.598. The van der Waals surface area contributed by atoms with E-state index in [2.05, 4.69) is 34.4 Å². The lowest BCUT2D eigenvalue weighted by Gasteiger charge is -2.27. The third kappa shape index (κ3) is 5.25. The van der Waals surface area contributed by atoms with Crippen LogP contribution in [0.2, 0.25) is 0 Å². The summed E-state index contributed by atoms with van der Waals surface area (Å²) in [6.45, 7) is 4.28. The van der Waals surface area contributed by atoms with Gasteiger partial charge >= 0.3 is 0 Å². The standard InChI is InChI=1S/C21H29N5O2/c1-3-4-14(2)24-21-23-12-18(19-10-5-15(13-27)11-22-19)20(26-21)25-16-6-8-17(28)9-7-16/h5,10-14,16-17,28H,3-4,6-9H2,1-2H3,(H2,23,24,25,26)/t14?,16-,17-. The SMILES string of the molecule is CCCC(C)Nc1ncc(-c2ccc(C=O)cn2)c(N[C@H]2CC[C@H](O)CC2)n1. The normalized spacial score (nSPS) is 20.4. The van der Waals surface area contributed by atoms with Gasteiger partial charge in [0.1, 0.15) is 5.82 Å². The molecule has 0 aromatic carbocycles. The van der Waals surface area contributed by atoms with E-state index >= 15 is 0 Å². The molecule has 0 spiro atoms. The lowest BCUT2D eigenvalue weighted by molar-refractivity contribution is 0.112. The molecule has 0 bridgehead atoms. The van der Waals surface area contributed by atoms with Crippen molar-refractivity contribution in [2.75, 3.05) is 10.6 Å². The third-order valence-electron chi connectivity index (χ3n) is 5.12. The zero-order valence-electron chi connectivity index (χ0n) is 16.6. The minimum absolute atomic E-state index is 0.201. The van der Waals surface area contributed by atoms with Gasteiger partial charge in [-0.1, -0.05) is 13.3 Å². The zero-order chi connectivity index (χ0) is 19.9. The predicted molar refractivity (Wildman–Crippen MR) is 111 cm³/mol. The first-order valence-electron chi connectivity index (χ1n) is 10.1.